The van der Waals surface area contributed by atoms with E-state index in [0.29, 0.717) is 25.1 Å². The standard InChI is InChI=1S/C43H75N3O14/c1-17-30-43(12)35(59-40(50)60-43)27(8)46(15)21-23(4)19-41(10,51)34(57-38-32(47)29(45(13)14)18-24(5)53-38)25(6)33(26(7)37(48)55-30)56-31-20-42(11,52-16)36(28(9)54-31)58-39(49)44-22(2)3/h23-36,38,47,51H,2,17-21H2,1,3-16H3,(H,44,49)/t23-,24-,25+,26-,27-,28+,29+,30-,31+,32-,33+,34-,35-,36+,38+,41-,42-,43-/m1/s1. The van der Waals surface area contributed by atoms with E-state index < -0.39 is 102 Å². The fraction of sp³-hybridized carbons (Fsp3) is 0.884. The lowest BCUT2D eigenvalue weighted by molar-refractivity contribution is -0.317. The Hall–Kier alpha value is -2.61. The second-order valence-corrected chi connectivity index (χ2v) is 18.9. The summed E-state index contributed by atoms with van der Waals surface area (Å²) in [6.07, 6.45) is -9.35. The number of ether oxygens (including phenoxy) is 9. The molecule has 0 unspecified atom stereocenters. The zero-order chi connectivity index (χ0) is 45.2. The molecule has 0 spiro atoms. The molecule has 4 aliphatic rings. The molecule has 4 saturated heterocycles. The maximum atomic E-state index is 14.6. The minimum Gasteiger partial charge on any atom is -0.458 e. The second kappa shape index (κ2) is 19.8. The topological polar surface area (TPSA) is 193 Å². The molecule has 4 heterocycles. The Morgan fingerprint density at radius 3 is 2.25 bits per heavy atom. The number of nitrogens with zero attached hydrogens (tertiary/aromatic N) is 2. The van der Waals surface area contributed by atoms with Crippen molar-refractivity contribution in [2.45, 2.75) is 192 Å². The fourth-order valence-electron chi connectivity index (χ4n) is 9.87. The summed E-state index contributed by atoms with van der Waals surface area (Å²) in [5.74, 6) is -2.63. The molecule has 0 radical (unpaired) electrons. The smallest absolute Gasteiger partial charge is 0.458 e. The van der Waals surface area contributed by atoms with E-state index in [9.17, 15) is 24.6 Å². The zero-order valence-electron chi connectivity index (χ0n) is 38.6. The molecule has 4 aliphatic heterocycles. The number of nitrogens with one attached hydrogen (secondary N) is 1. The third-order valence-electron chi connectivity index (χ3n) is 13.2. The summed E-state index contributed by atoms with van der Waals surface area (Å²) in [6.45, 7) is 23.9. The number of carbonyl (C=O) groups excluding carboxylic acids is 3. The molecular formula is C43H75N3O14. The van der Waals surface area contributed by atoms with Gasteiger partial charge in [-0.25, -0.2) is 9.59 Å². The van der Waals surface area contributed by atoms with Gasteiger partial charge in [0.25, 0.3) is 0 Å². The number of cyclic esters (lactones) is 1. The van der Waals surface area contributed by atoms with E-state index in [0.717, 1.165) is 0 Å². The molecule has 60 heavy (non-hydrogen) atoms. The number of carbonyl (C=O) groups is 3. The van der Waals surface area contributed by atoms with Crippen LogP contribution in [-0.4, -0.2) is 163 Å². The van der Waals surface area contributed by atoms with Gasteiger partial charge in [0.15, 0.2) is 30.4 Å². The molecule has 1 amide bonds. The van der Waals surface area contributed by atoms with Crippen molar-refractivity contribution in [1.82, 2.24) is 15.1 Å². The van der Waals surface area contributed by atoms with E-state index >= 15 is 0 Å². The molecule has 0 bridgehead atoms. The average molecular weight is 858 g/mol. The van der Waals surface area contributed by atoms with Crippen LogP contribution < -0.4 is 5.32 Å². The first kappa shape index (κ1) is 50.0. The van der Waals surface area contributed by atoms with Crippen molar-refractivity contribution in [2.75, 3.05) is 34.8 Å². The minimum absolute atomic E-state index is 0.0735. The van der Waals surface area contributed by atoms with Crippen LogP contribution in [0.25, 0.3) is 0 Å². The van der Waals surface area contributed by atoms with Crippen molar-refractivity contribution in [3.05, 3.63) is 12.3 Å². The van der Waals surface area contributed by atoms with E-state index in [4.69, 9.17) is 42.6 Å². The van der Waals surface area contributed by atoms with Gasteiger partial charge in [0.1, 0.15) is 17.8 Å². The van der Waals surface area contributed by atoms with E-state index in [1.807, 2.05) is 65.6 Å². The first-order chi connectivity index (χ1) is 27.8. The number of aliphatic hydroxyl groups excluding tert-OH is 1. The van der Waals surface area contributed by atoms with Gasteiger partial charge < -0.3 is 57.7 Å². The molecule has 346 valence electrons. The Bertz CT molecular complexity index is 1500. The molecular weight excluding hydrogens is 782 g/mol. The lowest BCUT2D eigenvalue weighted by atomic mass is 9.77. The Labute approximate surface area is 357 Å². The monoisotopic (exact) mass is 858 g/mol. The van der Waals surface area contributed by atoms with Crippen molar-refractivity contribution in [2.24, 2.45) is 17.8 Å². The van der Waals surface area contributed by atoms with Crippen LogP contribution >= 0.6 is 0 Å². The normalized spacial score (nSPS) is 45.0. The summed E-state index contributed by atoms with van der Waals surface area (Å²) in [5.41, 5.74) is -3.63. The zero-order valence-corrected chi connectivity index (χ0v) is 38.6. The number of alkyl carbamates (subject to hydrolysis) is 1. The van der Waals surface area contributed by atoms with Crippen LogP contribution in [0.15, 0.2) is 12.3 Å². The molecule has 0 saturated carbocycles. The van der Waals surface area contributed by atoms with Crippen molar-refractivity contribution in [3.63, 3.8) is 0 Å². The summed E-state index contributed by atoms with van der Waals surface area (Å²) < 4.78 is 56.1. The van der Waals surface area contributed by atoms with E-state index in [-0.39, 0.29) is 36.9 Å². The van der Waals surface area contributed by atoms with Crippen molar-refractivity contribution >= 4 is 18.2 Å². The highest BCUT2D eigenvalue weighted by atomic mass is 16.8. The van der Waals surface area contributed by atoms with Gasteiger partial charge in [-0.2, -0.15) is 0 Å². The fourth-order valence-corrected chi connectivity index (χ4v) is 9.87. The Morgan fingerprint density at radius 1 is 1.02 bits per heavy atom. The number of allylic oxidation sites excluding steroid dienone is 1. The Morgan fingerprint density at radius 2 is 1.67 bits per heavy atom. The lowest BCUT2D eigenvalue weighted by Gasteiger charge is -2.49. The van der Waals surface area contributed by atoms with Crippen LogP contribution in [0.1, 0.15) is 102 Å². The maximum absolute atomic E-state index is 14.6. The Balaban J connectivity index is 1.82. The first-order valence-electron chi connectivity index (χ1n) is 21.5. The van der Waals surface area contributed by atoms with Crippen molar-refractivity contribution in [1.29, 1.82) is 0 Å². The highest BCUT2D eigenvalue weighted by molar-refractivity contribution is 5.73. The summed E-state index contributed by atoms with van der Waals surface area (Å²) >= 11 is 0. The number of amides is 1. The quantitative estimate of drug-likeness (QED) is 0.219. The van der Waals surface area contributed by atoms with Gasteiger partial charge in [-0.05, 0) is 102 Å². The number of hydrogen-bond donors (Lipinski definition) is 3. The summed E-state index contributed by atoms with van der Waals surface area (Å²) in [5, 5.41) is 26.9. The molecule has 0 aliphatic carbocycles. The maximum Gasteiger partial charge on any atom is 0.509 e. The highest BCUT2D eigenvalue weighted by Gasteiger charge is 2.58. The van der Waals surface area contributed by atoms with E-state index in [1.165, 1.54) is 7.11 Å². The first-order valence-corrected chi connectivity index (χ1v) is 21.5. The summed E-state index contributed by atoms with van der Waals surface area (Å²) in [6, 6.07) is -0.669. The lowest BCUT2D eigenvalue weighted by Crippen LogP contribution is -2.61. The summed E-state index contributed by atoms with van der Waals surface area (Å²) in [4.78, 5) is 44.1. The molecule has 3 N–H and O–H groups in total. The Kier molecular flexibility index (Phi) is 16.5. The molecule has 17 heteroatoms. The van der Waals surface area contributed by atoms with Gasteiger partial charge in [0, 0.05) is 43.8 Å². The van der Waals surface area contributed by atoms with Gasteiger partial charge in [-0.3, -0.25) is 15.0 Å². The van der Waals surface area contributed by atoms with Crippen LogP contribution in [0.2, 0.25) is 0 Å². The summed E-state index contributed by atoms with van der Waals surface area (Å²) in [7, 11) is 7.18. The molecule has 18 atom stereocenters. The number of hydrogen-bond acceptors (Lipinski definition) is 16. The number of aliphatic hydroxyl groups is 2. The average Bonchev–Trinajstić information content (AvgIpc) is 3.46. The van der Waals surface area contributed by atoms with E-state index in [1.54, 1.807) is 41.5 Å². The SMILES string of the molecule is C=C(C)NC(=O)O[C@H]1[C@H](C)O[C@@H](O[C@H]2[C@H](C)[C@@H](O[C@@H]3O[C@H](C)C[C@H](N(C)C)[C@H]3O)[C@](C)(O)C[C@@H](C)CN(C)[C@H](C)[C@H]3OC(=O)O[C@]3(C)[C@@H](CC)OC(=O)[C@@H]2C)C[C@@]1(C)OC. The molecule has 4 rings (SSSR count). The van der Waals surface area contributed by atoms with Crippen LogP contribution in [0.4, 0.5) is 9.59 Å². The van der Waals surface area contributed by atoms with Crippen LogP contribution in [0, 0.1) is 17.8 Å². The van der Waals surface area contributed by atoms with Gasteiger partial charge in [0.05, 0.1) is 35.9 Å². The van der Waals surface area contributed by atoms with Crippen molar-refractivity contribution < 1.29 is 67.2 Å². The van der Waals surface area contributed by atoms with Crippen LogP contribution in [-0.2, 0) is 47.4 Å². The molecule has 17 nitrogen and oxygen atoms in total. The molecule has 0 aromatic carbocycles. The van der Waals surface area contributed by atoms with Gasteiger partial charge in [-0.15, -0.1) is 0 Å². The number of methoxy groups -OCH3 is 1. The third kappa shape index (κ3) is 11.1. The van der Waals surface area contributed by atoms with Crippen molar-refractivity contribution in [3.8, 4) is 0 Å². The predicted molar refractivity (Wildman–Crippen MR) is 220 cm³/mol. The van der Waals surface area contributed by atoms with E-state index in [2.05, 4.69) is 11.9 Å². The van der Waals surface area contributed by atoms with Gasteiger partial charge >= 0.3 is 18.2 Å². The van der Waals surface area contributed by atoms with Crippen LogP contribution in [0.5, 0.6) is 0 Å². The molecule has 0 aromatic rings. The number of fused-ring (bicyclic) bond motifs is 1. The number of esters is 1. The number of likely N-dealkylation sites (N-methyl/N-ethyl adjacent to an activating group) is 2. The highest BCUT2D eigenvalue weighted by Crippen LogP contribution is 2.42. The predicted octanol–water partition coefficient (Wildman–Crippen LogP) is 4.35. The number of rotatable bonds is 9. The third-order valence-corrected chi connectivity index (χ3v) is 13.2. The second-order valence-electron chi connectivity index (χ2n) is 18.9. The van der Waals surface area contributed by atoms with Gasteiger partial charge in [-0.1, -0.05) is 27.4 Å². The van der Waals surface area contributed by atoms with Gasteiger partial charge in [0.2, 0.25) is 0 Å². The minimum atomic E-state index is -1.59. The largest absolute Gasteiger partial charge is 0.509 e. The molecule has 0 aromatic heterocycles. The van der Waals surface area contributed by atoms with Crippen LogP contribution in [0.3, 0.4) is 0 Å². The molecule has 4 fully saturated rings.